The summed E-state index contributed by atoms with van der Waals surface area (Å²) in [6, 6.07) is 1.08. The summed E-state index contributed by atoms with van der Waals surface area (Å²) in [6.07, 6.45) is 0.0343. The van der Waals surface area contributed by atoms with Gasteiger partial charge in [-0.3, -0.25) is 14.1 Å². The fourth-order valence-corrected chi connectivity index (χ4v) is 3.05. The van der Waals surface area contributed by atoms with E-state index >= 15 is 0 Å². The Morgan fingerprint density at radius 1 is 1.43 bits per heavy atom. The van der Waals surface area contributed by atoms with Gasteiger partial charge in [0.05, 0.1) is 6.54 Å². The fourth-order valence-electron chi connectivity index (χ4n) is 3.05. The highest BCUT2D eigenvalue weighted by Gasteiger charge is 2.35. The molecule has 2 N–H and O–H groups in total. The third kappa shape index (κ3) is 3.29. The summed E-state index contributed by atoms with van der Waals surface area (Å²) in [4.78, 5) is 20.4. The number of amides is 1. The van der Waals surface area contributed by atoms with Crippen LogP contribution in [0.5, 0.6) is 0 Å². The SMILES string of the molecule is NC(=O)CN1CCCC(c2cc(C(F)(F)F)nc3nccn23)C1. The Hall–Kier alpha value is -2.16. The average Bonchev–Trinajstić information content (AvgIpc) is 2.93. The molecule has 1 aliphatic rings. The van der Waals surface area contributed by atoms with E-state index in [-0.39, 0.29) is 18.2 Å². The Bertz CT molecular complexity index is 727. The van der Waals surface area contributed by atoms with Crippen molar-refractivity contribution < 1.29 is 18.0 Å². The Morgan fingerprint density at radius 2 is 2.22 bits per heavy atom. The number of nitrogens with zero attached hydrogens (tertiary/aromatic N) is 4. The van der Waals surface area contributed by atoms with Crippen LogP contribution in [0.15, 0.2) is 18.5 Å². The second kappa shape index (κ2) is 5.80. The van der Waals surface area contributed by atoms with Crippen LogP contribution in [-0.2, 0) is 11.0 Å². The fraction of sp³-hybridized carbons (Fsp3) is 0.500. The van der Waals surface area contributed by atoms with Gasteiger partial charge in [0.25, 0.3) is 0 Å². The van der Waals surface area contributed by atoms with E-state index in [2.05, 4.69) is 9.97 Å². The van der Waals surface area contributed by atoms with Gasteiger partial charge in [-0.05, 0) is 25.5 Å². The first-order valence-corrected chi connectivity index (χ1v) is 7.26. The van der Waals surface area contributed by atoms with Crippen molar-refractivity contribution in [3.63, 3.8) is 0 Å². The van der Waals surface area contributed by atoms with Crippen LogP contribution in [0.4, 0.5) is 13.2 Å². The summed E-state index contributed by atoms with van der Waals surface area (Å²) in [5, 5.41) is 0. The van der Waals surface area contributed by atoms with E-state index in [4.69, 9.17) is 5.73 Å². The quantitative estimate of drug-likeness (QED) is 0.925. The van der Waals surface area contributed by atoms with Crippen molar-refractivity contribution in [3.05, 3.63) is 29.8 Å². The van der Waals surface area contributed by atoms with Gasteiger partial charge in [0.1, 0.15) is 5.69 Å². The van der Waals surface area contributed by atoms with Gasteiger partial charge in [0.2, 0.25) is 11.7 Å². The van der Waals surface area contributed by atoms with E-state index in [1.54, 1.807) is 10.6 Å². The molecule has 2 aromatic heterocycles. The zero-order valence-corrected chi connectivity index (χ0v) is 12.3. The van der Waals surface area contributed by atoms with Gasteiger partial charge in [-0.25, -0.2) is 9.97 Å². The van der Waals surface area contributed by atoms with Crippen molar-refractivity contribution in [3.8, 4) is 0 Å². The van der Waals surface area contributed by atoms with Crippen LogP contribution in [-0.4, -0.2) is 44.8 Å². The van der Waals surface area contributed by atoms with Crippen LogP contribution < -0.4 is 5.73 Å². The molecule has 0 aromatic carbocycles. The highest BCUT2D eigenvalue weighted by atomic mass is 19.4. The predicted octanol–water partition coefficient (Wildman–Crippen LogP) is 1.41. The lowest BCUT2D eigenvalue weighted by Gasteiger charge is -2.32. The van der Waals surface area contributed by atoms with Crippen molar-refractivity contribution >= 4 is 11.7 Å². The highest BCUT2D eigenvalue weighted by molar-refractivity contribution is 5.75. The first kappa shape index (κ1) is 15.7. The smallest absolute Gasteiger partial charge is 0.369 e. The molecule has 1 fully saturated rings. The zero-order chi connectivity index (χ0) is 16.6. The summed E-state index contributed by atoms with van der Waals surface area (Å²) in [5.74, 6) is -0.546. The topological polar surface area (TPSA) is 76.5 Å². The Kier molecular flexibility index (Phi) is 3.97. The number of halogens is 3. The number of primary amides is 1. The van der Waals surface area contributed by atoms with E-state index in [0.29, 0.717) is 18.8 Å². The molecule has 1 aliphatic heterocycles. The van der Waals surface area contributed by atoms with Gasteiger partial charge >= 0.3 is 6.18 Å². The van der Waals surface area contributed by atoms with Crippen LogP contribution in [0.25, 0.3) is 5.78 Å². The Balaban J connectivity index is 1.97. The number of likely N-dealkylation sites (tertiary alicyclic amines) is 1. The molecule has 124 valence electrons. The maximum absolute atomic E-state index is 13.0. The van der Waals surface area contributed by atoms with Crippen LogP contribution in [0.1, 0.15) is 30.1 Å². The Labute approximate surface area is 130 Å². The predicted molar refractivity (Wildman–Crippen MR) is 75.6 cm³/mol. The molecule has 1 unspecified atom stereocenters. The minimum Gasteiger partial charge on any atom is -0.369 e. The van der Waals surface area contributed by atoms with Gasteiger partial charge in [-0.2, -0.15) is 13.2 Å². The number of hydrogen-bond donors (Lipinski definition) is 1. The first-order chi connectivity index (χ1) is 10.8. The highest BCUT2D eigenvalue weighted by Crippen LogP contribution is 2.33. The van der Waals surface area contributed by atoms with Gasteiger partial charge in [-0.1, -0.05) is 0 Å². The summed E-state index contributed by atoms with van der Waals surface area (Å²) in [5.41, 5.74) is 4.77. The van der Waals surface area contributed by atoms with E-state index in [0.717, 1.165) is 18.9 Å². The molecule has 3 heterocycles. The average molecular weight is 327 g/mol. The normalized spacial score (nSPS) is 20.0. The third-order valence-corrected chi connectivity index (χ3v) is 4.00. The number of nitrogens with two attached hydrogens (primary N) is 1. The van der Waals surface area contributed by atoms with Gasteiger partial charge in [0, 0.05) is 30.6 Å². The van der Waals surface area contributed by atoms with Crippen molar-refractivity contribution in [2.45, 2.75) is 24.9 Å². The number of hydrogen-bond acceptors (Lipinski definition) is 4. The van der Waals surface area contributed by atoms with Crippen LogP contribution in [0, 0.1) is 0 Å². The largest absolute Gasteiger partial charge is 0.433 e. The van der Waals surface area contributed by atoms with Crippen LogP contribution in [0.3, 0.4) is 0 Å². The number of piperidine rings is 1. The summed E-state index contributed by atoms with van der Waals surface area (Å²) in [7, 11) is 0. The van der Waals surface area contributed by atoms with Crippen LogP contribution >= 0.6 is 0 Å². The van der Waals surface area contributed by atoms with Crippen LogP contribution in [0.2, 0.25) is 0 Å². The monoisotopic (exact) mass is 327 g/mol. The molecule has 3 rings (SSSR count). The minimum absolute atomic E-state index is 0.0295. The molecule has 1 amide bonds. The summed E-state index contributed by atoms with van der Waals surface area (Å²) < 4.78 is 40.7. The molecule has 2 aromatic rings. The molecular weight excluding hydrogens is 311 g/mol. The van der Waals surface area contributed by atoms with E-state index in [9.17, 15) is 18.0 Å². The number of aromatic nitrogens is 3. The summed E-state index contributed by atoms with van der Waals surface area (Å²) >= 11 is 0. The zero-order valence-electron chi connectivity index (χ0n) is 12.3. The standard InChI is InChI=1S/C14H16F3N5O/c15-14(16,17)11-6-10(22-5-3-19-13(22)20-11)9-2-1-4-21(7-9)8-12(18)23/h3,5-6,9H,1-2,4,7-8H2,(H2,18,23). The second-order valence-corrected chi connectivity index (χ2v) is 5.70. The molecule has 1 atom stereocenters. The lowest BCUT2D eigenvalue weighted by atomic mass is 9.94. The van der Waals surface area contributed by atoms with Crippen molar-refractivity contribution in [2.24, 2.45) is 5.73 Å². The van der Waals surface area contributed by atoms with E-state index < -0.39 is 17.8 Å². The lowest BCUT2D eigenvalue weighted by molar-refractivity contribution is -0.141. The molecule has 0 aliphatic carbocycles. The molecule has 0 radical (unpaired) electrons. The molecule has 23 heavy (non-hydrogen) atoms. The number of rotatable bonds is 3. The molecule has 6 nitrogen and oxygen atoms in total. The summed E-state index contributed by atoms with van der Waals surface area (Å²) in [6.45, 7) is 1.31. The first-order valence-electron chi connectivity index (χ1n) is 7.26. The molecule has 1 saturated heterocycles. The third-order valence-electron chi connectivity index (χ3n) is 4.00. The molecule has 0 saturated carbocycles. The molecule has 0 spiro atoms. The van der Waals surface area contributed by atoms with E-state index in [1.807, 2.05) is 4.90 Å². The maximum atomic E-state index is 13.0. The second-order valence-electron chi connectivity index (χ2n) is 5.70. The number of carbonyl (C=O) groups excluding carboxylic acids is 1. The minimum atomic E-state index is -4.52. The molecule has 9 heteroatoms. The number of alkyl halides is 3. The van der Waals surface area contributed by atoms with Gasteiger partial charge < -0.3 is 5.73 Å². The maximum Gasteiger partial charge on any atom is 0.433 e. The lowest BCUT2D eigenvalue weighted by Crippen LogP contribution is -2.40. The van der Waals surface area contributed by atoms with Crippen molar-refractivity contribution in [1.29, 1.82) is 0 Å². The number of carbonyl (C=O) groups is 1. The number of imidazole rings is 1. The van der Waals surface area contributed by atoms with E-state index in [1.165, 1.54) is 6.20 Å². The number of fused-ring (bicyclic) bond motifs is 1. The Morgan fingerprint density at radius 3 is 2.91 bits per heavy atom. The van der Waals surface area contributed by atoms with Gasteiger partial charge in [-0.15, -0.1) is 0 Å². The van der Waals surface area contributed by atoms with Crippen molar-refractivity contribution in [2.75, 3.05) is 19.6 Å². The van der Waals surface area contributed by atoms with Gasteiger partial charge in [0.15, 0.2) is 0 Å². The molecule has 0 bridgehead atoms. The molecular formula is C14H16F3N5O. The van der Waals surface area contributed by atoms with Crippen molar-refractivity contribution in [1.82, 2.24) is 19.3 Å².